The van der Waals surface area contributed by atoms with Gasteiger partial charge in [-0.15, -0.1) is 0 Å². The first-order valence-corrected chi connectivity index (χ1v) is 11.8. The Labute approximate surface area is 197 Å². The van der Waals surface area contributed by atoms with Crippen LogP contribution in [0.4, 0.5) is 10.5 Å². The average molecular weight is 450 g/mol. The van der Waals surface area contributed by atoms with E-state index in [1.165, 1.54) is 0 Å². The first-order valence-electron chi connectivity index (χ1n) is 11.8. The first-order chi connectivity index (χ1) is 15.9. The molecule has 3 amide bonds. The van der Waals surface area contributed by atoms with Gasteiger partial charge in [-0.1, -0.05) is 39.2 Å². The van der Waals surface area contributed by atoms with Crippen LogP contribution in [0.1, 0.15) is 57.2 Å². The van der Waals surface area contributed by atoms with Crippen molar-refractivity contribution in [2.75, 3.05) is 18.4 Å². The predicted octanol–water partition coefficient (Wildman–Crippen LogP) is 4.75. The van der Waals surface area contributed by atoms with Crippen molar-refractivity contribution in [2.24, 2.45) is 13.0 Å². The Kier molecular flexibility index (Phi) is 8.53. The number of nitrogens with one attached hydrogen (secondary N) is 1. The fourth-order valence-corrected chi connectivity index (χ4v) is 4.42. The minimum atomic E-state index is -0.284. The van der Waals surface area contributed by atoms with E-state index < -0.39 is 0 Å². The molecule has 1 fully saturated rings. The molecule has 0 saturated heterocycles. The summed E-state index contributed by atoms with van der Waals surface area (Å²) in [6.45, 7) is 5.39. The fraction of sp³-hybridized carbons (Fsp3) is 0.500. The highest BCUT2D eigenvalue weighted by Crippen LogP contribution is 2.24. The minimum Gasteiger partial charge on any atom is -0.353 e. The van der Waals surface area contributed by atoms with Crippen molar-refractivity contribution >= 4 is 17.6 Å². The molecule has 1 heterocycles. The number of hydrogen-bond donors (Lipinski definition) is 1. The third-order valence-electron chi connectivity index (χ3n) is 6.17. The van der Waals surface area contributed by atoms with E-state index in [9.17, 15) is 9.59 Å². The van der Waals surface area contributed by atoms with Gasteiger partial charge in [0.1, 0.15) is 6.54 Å². The van der Waals surface area contributed by atoms with Crippen LogP contribution in [0.2, 0.25) is 0 Å². The van der Waals surface area contributed by atoms with Crippen LogP contribution < -0.4 is 5.32 Å². The molecule has 0 spiro atoms. The van der Waals surface area contributed by atoms with Crippen molar-refractivity contribution in [3.05, 3.63) is 53.9 Å². The molecule has 7 nitrogen and oxygen atoms in total. The fourth-order valence-electron chi connectivity index (χ4n) is 4.42. The Balaban J connectivity index is 1.78. The smallest absolute Gasteiger partial charge is 0.322 e. The van der Waals surface area contributed by atoms with Crippen LogP contribution in [0.15, 0.2) is 42.6 Å². The number of carbonyl (C=O) groups excluding carboxylic acids is 2. The number of anilines is 1. The van der Waals surface area contributed by atoms with Gasteiger partial charge in [0.2, 0.25) is 5.91 Å². The maximum Gasteiger partial charge on any atom is 0.322 e. The van der Waals surface area contributed by atoms with Crippen LogP contribution in [0.5, 0.6) is 0 Å². The van der Waals surface area contributed by atoms with Crippen molar-refractivity contribution in [3.8, 4) is 6.07 Å². The number of benzene rings is 1. The Morgan fingerprint density at radius 2 is 1.94 bits per heavy atom. The van der Waals surface area contributed by atoms with E-state index in [2.05, 4.69) is 25.2 Å². The lowest BCUT2D eigenvalue weighted by atomic mass is 9.94. The molecule has 33 heavy (non-hydrogen) atoms. The van der Waals surface area contributed by atoms with Gasteiger partial charge in [0, 0.05) is 37.2 Å². The number of carbonyl (C=O) groups is 2. The highest BCUT2D eigenvalue weighted by molar-refractivity contribution is 5.92. The molecule has 1 N–H and O–H groups in total. The van der Waals surface area contributed by atoms with Gasteiger partial charge >= 0.3 is 6.03 Å². The monoisotopic (exact) mass is 449 g/mol. The summed E-state index contributed by atoms with van der Waals surface area (Å²) in [5, 5.41) is 12.1. The highest BCUT2D eigenvalue weighted by Gasteiger charge is 2.29. The van der Waals surface area contributed by atoms with Crippen LogP contribution in [0, 0.1) is 17.2 Å². The third-order valence-corrected chi connectivity index (χ3v) is 6.17. The maximum absolute atomic E-state index is 13.5. The van der Waals surface area contributed by atoms with E-state index in [4.69, 9.17) is 5.26 Å². The Hall–Kier alpha value is -3.27. The molecule has 1 saturated carbocycles. The summed E-state index contributed by atoms with van der Waals surface area (Å²) in [5.41, 5.74) is 2.11. The zero-order chi connectivity index (χ0) is 23.8. The summed E-state index contributed by atoms with van der Waals surface area (Å²) in [7, 11) is 1.98. The molecule has 0 bridgehead atoms. The molecule has 1 aliphatic rings. The Bertz CT molecular complexity index is 985. The zero-order valence-electron chi connectivity index (χ0n) is 20.0. The Morgan fingerprint density at radius 3 is 2.58 bits per heavy atom. The summed E-state index contributed by atoms with van der Waals surface area (Å²) in [4.78, 5) is 30.4. The molecule has 0 atom stereocenters. The molecule has 1 aromatic heterocycles. The lowest BCUT2D eigenvalue weighted by molar-refractivity contribution is -0.133. The SMILES string of the molecule is CC(C)CN(Cc1cccn1C)C(=O)CN(C(=O)Nc1cccc(C#N)c1)C1CCCCC1. The summed E-state index contributed by atoms with van der Waals surface area (Å²) in [6, 6.07) is 12.7. The quantitative estimate of drug-likeness (QED) is 0.631. The van der Waals surface area contributed by atoms with Gasteiger partial charge in [-0.2, -0.15) is 5.26 Å². The molecule has 1 aromatic carbocycles. The zero-order valence-corrected chi connectivity index (χ0v) is 20.0. The van der Waals surface area contributed by atoms with E-state index >= 15 is 0 Å². The van der Waals surface area contributed by atoms with Gasteiger partial charge < -0.3 is 19.7 Å². The predicted molar refractivity (Wildman–Crippen MR) is 129 cm³/mol. The number of urea groups is 1. The van der Waals surface area contributed by atoms with Gasteiger partial charge in [0.05, 0.1) is 18.2 Å². The molecular formula is C26H35N5O2. The van der Waals surface area contributed by atoms with Crippen LogP contribution in [-0.2, 0) is 18.4 Å². The highest BCUT2D eigenvalue weighted by atomic mass is 16.2. The van der Waals surface area contributed by atoms with Crippen molar-refractivity contribution in [1.29, 1.82) is 5.26 Å². The van der Waals surface area contributed by atoms with Crippen molar-refractivity contribution in [2.45, 2.75) is 58.5 Å². The molecule has 1 aliphatic carbocycles. The number of aromatic nitrogens is 1. The maximum atomic E-state index is 13.5. The van der Waals surface area contributed by atoms with Crippen molar-refractivity contribution in [3.63, 3.8) is 0 Å². The lowest BCUT2D eigenvalue weighted by Crippen LogP contribution is -2.50. The van der Waals surface area contributed by atoms with E-state index in [1.54, 1.807) is 29.2 Å². The van der Waals surface area contributed by atoms with Gasteiger partial charge in [0.25, 0.3) is 0 Å². The second-order valence-corrected chi connectivity index (χ2v) is 9.32. The van der Waals surface area contributed by atoms with Crippen LogP contribution in [-0.4, -0.2) is 45.4 Å². The van der Waals surface area contributed by atoms with Crippen LogP contribution in [0.25, 0.3) is 0 Å². The largest absolute Gasteiger partial charge is 0.353 e. The van der Waals surface area contributed by atoms with E-state index in [0.29, 0.717) is 30.3 Å². The van der Waals surface area contributed by atoms with E-state index in [-0.39, 0.29) is 24.5 Å². The number of amides is 3. The molecule has 176 valence electrons. The van der Waals surface area contributed by atoms with Gasteiger partial charge in [-0.3, -0.25) is 4.79 Å². The minimum absolute atomic E-state index is 0.0396. The number of hydrogen-bond acceptors (Lipinski definition) is 3. The molecular weight excluding hydrogens is 414 g/mol. The van der Waals surface area contributed by atoms with Gasteiger partial charge in [-0.25, -0.2) is 4.79 Å². The second-order valence-electron chi connectivity index (χ2n) is 9.32. The van der Waals surface area contributed by atoms with Crippen molar-refractivity contribution in [1.82, 2.24) is 14.4 Å². The second kappa shape index (κ2) is 11.6. The standard InChI is InChI=1S/C26H35N5O2/c1-20(2)17-30(18-24-13-8-14-29(24)3)25(32)19-31(23-11-5-4-6-12-23)26(33)28-22-10-7-9-21(15-22)16-27/h7-10,13-15,20,23H,4-6,11-12,17-19H2,1-3H3,(H,28,33). The molecule has 0 aliphatic heterocycles. The molecule has 2 aromatic rings. The van der Waals surface area contributed by atoms with E-state index in [0.717, 1.165) is 37.8 Å². The molecule has 3 rings (SSSR count). The summed E-state index contributed by atoms with van der Waals surface area (Å²) in [6.07, 6.45) is 7.07. The van der Waals surface area contributed by atoms with E-state index in [1.807, 2.05) is 34.8 Å². The topological polar surface area (TPSA) is 81.4 Å². The number of nitrogens with zero attached hydrogens (tertiary/aromatic N) is 4. The normalized spacial score (nSPS) is 14.0. The molecule has 0 unspecified atom stereocenters. The number of rotatable bonds is 8. The Morgan fingerprint density at radius 1 is 1.18 bits per heavy atom. The number of nitriles is 1. The number of aryl methyl sites for hydroxylation is 1. The lowest BCUT2D eigenvalue weighted by Gasteiger charge is -2.35. The first kappa shape index (κ1) is 24.4. The molecule has 0 radical (unpaired) electrons. The molecule has 7 heteroatoms. The summed E-state index contributed by atoms with van der Waals surface area (Å²) >= 11 is 0. The van der Waals surface area contributed by atoms with Gasteiger partial charge in [-0.05, 0) is 49.1 Å². The average Bonchev–Trinajstić information content (AvgIpc) is 3.21. The van der Waals surface area contributed by atoms with Crippen LogP contribution >= 0.6 is 0 Å². The van der Waals surface area contributed by atoms with Gasteiger partial charge in [0.15, 0.2) is 0 Å². The summed E-state index contributed by atoms with van der Waals surface area (Å²) < 4.78 is 2.02. The van der Waals surface area contributed by atoms with Crippen molar-refractivity contribution < 1.29 is 9.59 Å². The third kappa shape index (κ3) is 6.85. The van der Waals surface area contributed by atoms with Crippen LogP contribution in [0.3, 0.4) is 0 Å². The summed E-state index contributed by atoms with van der Waals surface area (Å²) in [5.74, 6) is 0.274.